The van der Waals surface area contributed by atoms with Crippen LogP contribution in [-0.4, -0.2) is 36.6 Å². The molecule has 0 saturated carbocycles. The largest absolute Gasteiger partial charge is 0.357 e. The fourth-order valence-electron chi connectivity index (χ4n) is 2.76. The van der Waals surface area contributed by atoms with Gasteiger partial charge in [-0.05, 0) is 51.3 Å². The zero-order chi connectivity index (χ0) is 16.7. The van der Waals surface area contributed by atoms with Gasteiger partial charge in [0.15, 0.2) is 5.96 Å². The maximum Gasteiger partial charge on any atom is 0.191 e. The Morgan fingerprint density at radius 1 is 1.21 bits per heavy atom. The van der Waals surface area contributed by atoms with Crippen LogP contribution in [0.5, 0.6) is 0 Å². The molecule has 0 atom stereocenters. The van der Waals surface area contributed by atoms with Gasteiger partial charge < -0.3 is 15.5 Å². The van der Waals surface area contributed by atoms with Crippen molar-refractivity contribution in [1.29, 1.82) is 0 Å². The highest BCUT2D eigenvalue weighted by atomic mass is 127. The fraction of sp³-hybridized carbons (Fsp3) is 0.667. The average molecular weight is 445 g/mol. The summed E-state index contributed by atoms with van der Waals surface area (Å²) in [5, 5.41) is 6.75. The molecule has 1 saturated heterocycles. The SMILES string of the molecule is CN=C(NCc1ccnc(N2CCCCCC2)c1)NC(C)(C)C.I. The van der Waals surface area contributed by atoms with Crippen LogP contribution in [0.25, 0.3) is 0 Å². The van der Waals surface area contributed by atoms with E-state index in [9.17, 15) is 0 Å². The third-order valence-corrected chi connectivity index (χ3v) is 3.92. The van der Waals surface area contributed by atoms with Crippen LogP contribution >= 0.6 is 24.0 Å². The van der Waals surface area contributed by atoms with Crippen molar-refractivity contribution < 1.29 is 0 Å². The molecular formula is C18H32IN5. The van der Waals surface area contributed by atoms with Gasteiger partial charge >= 0.3 is 0 Å². The summed E-state index contributed by atoms with van der Waals surface area (Å²) in [6.45, 7) is 9.38. The van der Waals surface area contributed by atoms with Gasteiger partial charge in [0.25, 0.3) is 0 Å². The lowest BCUT2D eigenvalue weighted by atomic mass is 10.1. The van der Waals surface area contributed by atoms with Crippen LogP contribution in [-0.2, 0) is 6.54 Å². The van der Waals surface area contributed by atoms with Crippen LogP contribution < -0.4 is 15.5 Å². The van der Waals surface area contributed by atoms with E-state index in [0.29, 0.717) is 0 Å². The van der Waals surface area contributed by atoms with Crippen molar-refractivity contribution in [2.45, 2.75) is 58.5 Å². The first-order valence-corrected chi connectivity index (χ1v) is 8.67. The van der Waals surface area contributed by atoms with E-state index in [1.807, 2.05) is 6.20 Å². The predicted octanol–water partition coefficient (Wildman–Crippen LogP) is 3.54. The van der Waals surface area contributed by atoms with Crippen LogP contribution in [0.15, 0.2) is 23.3 Å². The zero-order valence-corrected chi connectivity index (χ0v) is 17.8. The summed E-state index contributed by atoms with van der Waals surface area (Å²) in [6, 6.07) is 4.27. The van der Waals surface area contributed by atoms with Gasteiger partial charge in [0.05, 0.1) is 0 Å². The Morgan fingerprint density at radius 3 is 2.46 bits per heavy atom. The molecule has 24 heavy (non-hydrogen) atoms. The number of pyridine rings is 1. The number of aliphatic imine (C=N–C) groups is 1. The topological polar surface area (TPSA) is 52.6 Å². The lowest BCUT2D eigenvalue weighted by molar-refractivity contribution is 0.501. The number of rotatable bonds is 3. The lowest BCUT2D eigenvalue weighted by Crippen LogP contribution is -2.47. The van der Waals surface area contributed by atoms with E-state index >= 15 is 0 Å². The van der Waals surface area contributed by atoms with Gasteiger partial charge in [0.2, 0.25) is 0 Å². The molecule has 0 unspecified atom stereocenters. The van der Waals surface area contributed by atoms with E-state index in [1.54, 1.807) is 7.05 Å². The van der Waals surface area contributed by atoms with E-state index in [0.717, 1.165) is 31.4 Å². The highest BCUT2D eigenvalue weighted by Gasteiger charge is 2.13. The molecule has 2 rings (SSSR count). The van der Waals surface area contributed by atoms with E-state index < -0.39 is 0 Å². The predicted molar refractivity (Wildman–Crippen MR) is 113 cm³/mol. The van der Waals surface area contributed by atoms with Crippen molar-refractivity contribution in [2.75, 3.05) is 25.0 Å². The Morgan fingerprint density at radius 2 is 1.88 bits per heavy atom. The minimum Gasteiger partial charge on any atom is -0.357 e. The Balaban J connectivity index is 0.00000288. The minimum atomic E-state index is -0.00268. The molecule has 0 aromatic carbocycles. The van der Waals surface area contributed by atoms with E-state index in [2.05, 4.69) is 58.4 Å². The maximum atomic E-state index is 4.56. The Labute approximate surface area is 163 Å². The molecule has 2 heterocycles. The first kappa shape index (κ1) is 21.0. The minimum absolute atomic E-state index is 0. The lowest BCUT2D eigenvalue weighted by Gasteiger charge is -2.24. The number of nitrogens with zero attached hydrogens (tertiary/aromatic N) is 3. The van der Waals surface area contributed by atoms with Crippen molar-refractivity contribution in [1.82, 2.24) is 15.6 Å². The third kappa shape index (κ3) is 7.23. The average Bonchev–Trinajstić information content (AvgIpc) is 2.80. The van der Waals surface area contributed by atoms with Gasteiger partial charge in [-0.25, -0.2) is 4.98 Å². The molecule has 1 fully saturated rings. The number of nitrogens with one attached hydrogen (secondary N) is 2. The quantitative estimate of drug-likeness (QED) is 0.425. The molecule has 0 spiro atoms. The molecule has 0 bridgehead atoms. The van der Waals surface area contributed by atoms with Gasteiger partial charge in [-0.1, -0.05) is 12.8 Å². The first-order chi connectivity index (χ1) is 11.0. The number of hydrogen-bond acceptors (Lipinski definition) is 3. The Hall–Kier alpha value is -1.05. The molecule has 2 N–H and O–H groups in total. The van der Waals surface area contributed by atoms with Crippen molar-refractivity contribution >= 4 is 35.8 Å². The molecule has 136 valence electrons. The van der Waals surface area contributed by atoms with Crippen LogP contribution in [0.2, 0.25) is 0 Å². The van der Waals surface area contributed by atoms with E-state index in [1.165, 1.54) is 31.2 Å². The zero-order valence-electron chi connectivity index (χ0n) is 15.4. The van der Waals surface area contributed by atoms with Crippen molar-refractivity contribution in [3.63, 3.8) is 0 Å². The summed E-state index contributed by atoms with van der Waals surface area (Å²) >= 11 is 0. The van der Waals surface area contributed by atoms with Gasteiger partial charge in [-0.2, -0.15) is 0 Å². The van der Waals surface area contributed by atoms with Gasteiger partial charge in [-0.3, -0.25) is 4.99 Å². The number of anilines is 1. The molecule has 0 amide bonds. The molecule has 1 aliphatic heterocycles. The highest BCUT2D eigenvalue weighted by molar-refractivity contribution is 14.0. The molecular weight excluding hydrogens is 413 g/mol. The molecule has 1 aromatic heterocycles. The van der Waals surface area contributed by atoms with Crippen molar-refractivity contribution in [2.24, 2.45) is 4.99 Å². The fourth-order valence-corrected chi connectivity index (χ4v) is 2.76. The van der Waals surface area contributed by atoms with Crippen LogP contribution in [0.4, 0.5) is 5.82 Å². The summed E-state index contributed by atoms with van der Waals surface area (Å²) in [6.07, 6.45) is 7.13. The number of aromatic nitrogens is 1. The number of guanidine groups is 1. The molecule has 1 aromatic rings. The van der Waals surface area contributed by atoms with Crippen LogP contribution in [0.1, 0.15) is 52.0 Å². The van der Waals surface area contributed by atoms with Gasteiger partial charge in [0, 0.05) is 38.4 Å². The standard InChI is InChI=1S/C18H31N5.HI/c1-18(2,3)22-17(19-4)21-14-15-9-10-20-16(13-15)23-11-7-5-6-8-12-23;/h9-10,13H,5-8,11-12,14H2,1-4H3,(H2,19,21,22);1H. The Bertz CT molecular complexity index is 516. The smallest absolute Gasteiger partial charge is 0.191 e. The molecule has 5 nitrogen and oxygen atoms in total. The highest BCUT2D eigenvalue weighted by Crippen LogP contribution is 2.18. The van der Waals surface area contributed by atoms with Crippen LogP contribution in [0, 0.1) is 0 Å². The molecule has 0 radical (unpaired) electrons. The second-order valence-electron chi connectivity index (χ2n) is 7.22. The third-order valence-electron chi connectivity index (χ3n) is 3.92. The van der Waals surface area contributed by atoms with Crippen LogP contribution in [0.3, 0.4) is 0 Å². The molecule has 6 heteroatoms. The summed E-state index contributed by atoms with van der Waals surface area (Å²) in [5.74, 6) is 1.93. The van der Waals surface area contributed by atoms with Gasteiger partial charge in [-0.15, -0.1) is 24.0 Å². The Kier molecular flexibility index (Phi) is 8.80. The summed E-state index contributed by atoms with van der Waals surface area (Å²) in [5.41, 5.74) is 1.23. The van der Waals surface area contributed by atoms with Crippen molar-refractivity contribution in [3.8, 4) is 0 Å². The van der Waals surface area contributed by atoms with E-state index in [-0.39, 0.29) is 29.5 Å². The molecule has 0 aliphatic carbocycles. The maximum absolute atomic E-state index is 4.56. The second-order valence-corrected chi connectivity index (χ2v) is 7.22. The summed E-state index contributed by atoms with van der Waals surface area (Å²) < 4.78 is 0. The second kappa shape index (κ2) is 10.1. The summed E-state index contributed by atoms with van der Waals surface area (Å²) in [4.78, 5) is 11.3. The molecule has 1 aliphatic rings. The monoisotopic (exact) mass is 445 g/mol. The van der Waals surface area contributed by atoms with Crippen molar-refractivity contribution in [3.05, 3.63) is 23.9 Å². The van der Waals surface area contributed by atoms with Gasteiger partial charge in [0.1, 0.15) is 5.82 Å². The first-order valence-electron chi connectivity index (χ1n) is 8.67. The van der Waals surface area contributed by atoms with E-state index in [4.69, 9.17) is 0 Å². The summed E-state index contributed by atoms with van der Waals surface area (Å²) in [7, 11) is 1.80. The normalized spacial score (nSPS) is 16.2. The number of hydrogen-bond donors (Lipinski definition) is 2. The number of halogens is 1.